The molecule has 3 rings (SSSR count). The number of anilines is 2. The van der Waals surface area contributed by atoms with Gasteiger partial charge < -0.3 is 11.1 Å². The van der Waals surface area contributed by atoms with E-state index in [0.29, 0.717) is 0 Å². The van der Waals surface area contributed by atoms with Crippen LogP contribution < -0.4 is 11.1 Å². The van der Waals surface area contributed by atoms with Gasteiger partial charge in [0.1, 0.15) is 0 Å². The summed E-state index contributed by atoms with van der Waals surface area (Å²) < 4.78 is 1.17. The molecule has 1 aromatic carbocycles. The van der Waals surface area contributed by atoms with Crippen molar-refractivity contribution in [3.63, 3.8) is 0 Å². The van der Waals surface area contributed by atoms with Crippen LogP contribution in [-0.4, -0.2) is 22.5 Å². The van der Waals surface area contributed by atoms with Crippen LogP contribution in [0.4, 0.5) is 11.4 Å². The third kappa shape index (κ3) is 2.98. The average Bonchev–Trinajstić information content (AvgIpc) is 2.76. The van der Waals surface area contributed by atoms with E-state index in [2.05, 4.69) is 28.1 Å². The molecule has 102 valence electrons. The number of nitrogens with one attached hydrogen (secondary N) is 1. The second-order valence-corrected chi connectivity index (χ2v) is 7.65. The van der Waals surface area contributed by atoms with Gasteiger partial charge in [-0.1, -0.05) is 6.42 Å². The van der Waals surface area contributed by atoms with Gasteiger partial charge >= 0.3 is 0 Å². The van der Waals surface area contributed by atoms with Gasteiger partial charge in [0.15, 0.2) is 0 Å². The maximum absolute atomic E-state index is 6.12. The third-order valence-electron chi connectivity index (χ3n) is 3.46. The standard InChI is InChI=1S/C14H19N3S2/c1-9-17-13-7-12(11(15)6-14(13)19-9)16-8-10-4-2-3-5-18-10/h6-7,10,16H,2-5,8,15H2,1H3. The zero-order valence-electron chi connectivity index (χ0n) is 11.1. The fourth-order valence-electron chi connectivity index (χ4n) is 2.45. The van der Waals surface area contributed by atoms with Gasteiger partial charge in [0, 0.05) is 11.8 Å². The molecule has 0 bridgehead atoms. The van der Waals surface area contributed by atoms with Crippen LogP contribution in [0.25, 0.3) is 10.2 Å². The van der Waals surface area contributed by atoms with Crippen LogP contribution in [0, 0.1) is 6.92 Å². The first-order chi connectivity index (χ1) is 9.22. The monoisotopic (exact) mass is 293 g/mol. The van der Waals surface area contributed by atoms with Crippen LogP contribution in [0.3, 0.4) is 0 Å². The molecule has 3 nitrogen and oxygen atoms in total. The van der Waals surface area contributed by atoms with E-state index in [-0.39, 0.29) is 0 Å². The van der Waals surface area contributed by atoms with E-state index in [0.717, 1.165) is 33.7 Å². The predicted molar refractivity (Wildman–Crippen MR) is 87.4 cm³/mol. The minimum absolute atomic E-state index is 0.723. The van der Waals surface area contributed by atoms with Gasteiger partial charge in [-0.2, -0.15) is 11.8 Å². The molecule has 1 atom stereocenters. The highest BCUT2D eigenvalue weighted by Crippen LogP contribution is 2.31. The molecule has 1 unspecified atom stereocenters. The van der Waals surface area contributed by atoms with E-state index in [4.69, 9.17) is 5.73 Å². The highest BCUT2D eigenvalue weighted by Gasteiger charge is 2.14. The number of nitrogen functional groups attached to an aromatic ring is 1. The van der Waals surface area contributed by atoms with Gasteiger partial charge in [0.25, 0.3) is 0 Å². The van der Waals surface area contributed by atoms with E-state index in [1.165, 1.54) is 29.7 Å². The summed E-state index contributed by atoms with van der Waals surface area (Å²) >= 11 is 3.78. The molecule has 2 heterocycles. The van der Waals surface area contributed by atoms with Crippen molar-refractivity contribution in [1.82, 2.24) is 4.98 Å². The highest BCUT2D eigenvalue weighted by atomic mass is 32.2. The molecule has 1 aliphatic rings. The second-order valence-electron chi connectivity index (χ2n) is 5.01. The van der Waals surface area contributed by atoms with Gasteiger partial charge in [0.05, 0.1) is 26.6 Å². The summed E-state index contributed by atoms with van der Waals surface area (Å²) in [5.74, 6) is 1.30. The predicted octanol–water partition coefficient (Wildman–Crippen LogP) is 3.88. The summed E-state index contributed by atoms with van der Waals surface area (Å²) in [6.07, 6.45) is 4.04. The fraction of sp³-hybridized carbons (Fsp3) is 0.500. The maximum atomic E-state index is 6.12. The average molecular weight is 293 g/mol. The van der Waals surface area contributed by atoms with E-state index in [1.54, 1.807) is 11.3 Å². The molecule has 5 heteroatoms. The number of rotatable bonds is 3. The first-order valence-corrected chi connectivity index (χ1v) is 8.61. The van der Waals surface area contributed by atoms with Crippen molar-refractivity contribution in [2.24, 2.45) is 0 Å². The normalized spacial score (nSPS) is 19.7. The van der Waals surface area contributed by atoms with Crippen molar-refractivity contribution < 1.29 is 0 Å². The topological polar surface area (TPSA) is 50.9 Å². The summed E-state index contributed by atoms with van der Waals surface area (Å²) in [5, 5.41) is 5.32. The molecular weight excluding hydrogens is 274 g/mol. The highest BCUT2D eigenvalue weighted by molar-refractivity contribution is 7.99. The molecule has 0 spiro atoms. The Bertz CT molecular complexity index is 573. The lowest BCUT2D eigenvalue weighted by molar-refractivity contribution is 0.678. The summed E-state index contributed by atoms with van der Waals surface area (Å²) in [6, 6.07) is 4.12. The molecule has 3 N–H and O–H groups in total. The Kier molecular flexibility index (Phi) is 3.84. The van der Waals surface area contributed by atoms with E-state index in [1.807, 2.05) is 13.0 Å². The molecule has 0 amide bonds. The quantitative estimate of drug-likeness (QED) is 0.843. The van der Waals surface area contributed by atoms with Crippen molar-refractivity contribution in [3.8, 4) is 0 Å². The number of hydrogen-bond donors (Lipinski definition) is 2. The lowest BCUT2D eigenvalue weighted by Crippen LogP contribution is -2.20. The van der Waals surface area contributed by atoms with Crippen LogP contribution in [0.1, 0.15) is 24.3 Å². The van der Waals surface area contributed by atoms with Crippen molar-refractivity contribution in [3.05, 3.63) is 17.1 Å². The van der Waals surface area contributed by atoms with Crippen LogP contribution in [0.5, 0.6) is 0 Å². The number of aryl methyl sites for hydroxylation is 1. The number of thiazole rings is 1. The number of benzene rings is 1. The Hall–Kier alpha value is -0.940. The number of fused-ring (bicyclic) bond motifs is 1. The molecule has 0 saturated carbocycles. The minimum Gasteiger partial charge on any atom is -0.397 e. The largest absolute Gasteiger partial charge is 0.397 e. The van der Waals surface area contributed by atoms with E-state index in [9.17, 15) is 0 Å². The SMILES string of the molecule is Cc1nc2cc(NCC3CCCCS3)c(N)cc2s1. The number of hydrogen-bond acceptors (Lipinski definition) is 5. The fourth-order valence-corrected chi connectivity index (χ4v) is 4.55. The Morgan fingerprint density at radius 2 is 2.32 bits per heavy atom. The van der Waals surface area contributed by atoms with Crippen LogP contribution in [0.2, 0.25) is 0 Å². The number of aromatic nitrogens is 1. The van der Waals surface area contributed by atoms with E-state index >= 15 is 0 Å². The van der Waals surface area contributed by atoms with Crippen LogP contribution in [0.15, 0.2) is 12.1 Å². The van der Waals surface area contributed by atoms with Gasteiger partial charge in [0.2, 0.25) is 0 Å². The van der Waals surface area contributed by atoms with Crippen LogP contribution in [-0.2, 0) is 0 Å². The molecule has 1 saturated heterocycles. The molecule has 0 aliphatic carbocycles. The number of nitrogens with zero attached hydrogens (tertiary/aromatic N) is 1. The maximum Gasteiger partial charge on any atom is 0.0907 e. The summed E-state index contributed by atoms with van der Waals surface area (Å²) in [4.78, 5) is 4.53. The Morgan fingerprint density at radius 3 is 3.11 bits per heavy atom. The molecule has 1 aromatic heterocycles. The minimum atomic E-state index is 0.723. The Balaban J connectivity index is 1.74. The van der Waals surface area contributed by atoms with Crippen molar-refractivity contribution in [2.45, 2.75) is 31.4 Å². The zero-order valence-corrected chi connectivity index (χ0v) is 12.7. The lowest BCUT2D eigenvalue weighted by atomic mass is 10.2. The molecule has 19 heavy (non-hydrogen) atoms. The van der Waals surface area contributed by atoms with Gasteiger partial charge in [-0.15, -0.1) is 11.3 Å². The van der Waals surface area contributed by atoms with Gasteiger partial charge in [-0.25, -0.2) is 4.98 Å². The third-order valence-corrected chi connectivity index (χ3v) is 5.79. The Morgan fingerprint density at radius 1 is 1.42 bits per heavy atom. The first-order valence-electron chi connectivity index (χ1n) is 6.74. The summed E-state index contributed by atoms with van der Waals surface area (Å²) in [7, 11) is 0. The van der Waals surface area contributed by atoms with E-state index < -0.39 is 0 Å². The van der Waals surface area contributed by atoms with Crippen LogP contribution >= 0.6 is 23.1 Å². The lowest BCUT2D eigenvalue weighted by Gasteiger charge is -2.22. The molecule has 0 radical (unpaired) electrons. The zero-order chi connectivity index (χ0) is 13.2. The van der Waals surface area contributed by atoms with Gasteiger partial charge in [-0.05, 0) is 37.7 Å². The van der Waals surface area contributed by atoms with Crippen molar-refractivity contribution in [1.29, 1.82) is 0 Å². The molecule has 1 aliphatic heterocycles. The van der Waals surface area contributed by atoms with Crippen molar-refractivity contribution in [2.75, 3.05) is 23.3 Å². The molecule has 1 fully saturated rings. The number of thioether (sulfide) groups is 1. The second kappa shape index (κ2) is 5.59. The first kappa shape index (κ1) is 13.1. The van der Waals surface area contributed by atoms with Gasteiger partial charge in [-0.3, -0.25) is 0 Å². The Labute approximate surface area is 122 Å². The summed E-state index contributed by atoms with van der Waals surface area (Å²) in [5.41, 5.74) is 9.03. The molecular formula is C14H19N3S2. The number of nitrogens with two attached hydrogens (primary N) is 1. The summed E-state index contributed by atoms with van der Waals surface area (Å²) in [6.45, 7) is 3.04. The smallest absolute Gasteiger partial charge is 0.0907 e. The molecule has 2 aromatic rings. The van der Waals surface area contributed by atoms with Crippen molar-refractivity contribution >= 4 is 44.7 Å².